The maximum Gasteiger partial charge on any atom is 0.128 e. The summed E-state index contributed by atoms with van der Waals surface area (Å²) in [5.41, 5.74) is 2.98. The van der Waals surface area contributed by atoms with Gasteiger partial charge in [0.2, 0.25) is 0 Å². The maximum absolute atomic E-state index is 13.3. The van der Waals surface area contributed by atoms with Crippen molar-refractivity contribution in [3.63, 3.8) is 0 Å². The van der Waals surface area contributed by atoms with Gasteiger partial charge in [0.15, 0.2) is 0 Å². The second-order valence-corrected chi connectivity index (χ2v) is 3.36. The molecular weight excluding hydrogens is 167 g/mol. The van der Waals surface area contributed by atoms with Crippen molar-refractivity contribution in [1.82, 2.24) is 10.2 Å². The molecule has 3 rings (SSSR count). The summed E-state index contributed by atoms with van der Waals surface area (Å²) in [6.07, 6.45) is 1.95. The van der Waals surface area contributed by atoms with Crippen LogP contribution >= 0.6 is 0 Å². The Bertz CT molecular complexity index is 398. The molecule has 0 atom stereocenters. The molecule has 0 radical (unpaired) electrons. The van der Waals surface area contributed by atoms with Gasteiger partial charge in [0, 0.05) is 23.9 Å². The van der Waals surface area contributed by atoms with Crippen LogP contribution in [0.1, 0.15) is 11.1 Å². The minimum atomic E-state index is -0.0900. The minimum Gasteiger partial charge on any atom is -0.372 e. The fourth-order valence-corrected chi connectivity index (χ4v) is 1.97. The summed E-state index contributed by atoms with van der Waals surface area (Å²) >= 11 is 0. The Morgan fingerprint density at radius 1 is 1.38 bits per heavy atom. The van der Waals surface area contributed by atoms with Gasteiger partial charge >= 0.3 is 0 Å². The molecule has 2 aliphatic rings. The van der Waals surface area contributed by atoms with Crippen LogP contribution in [0, 0.1) is 5.82 Å². The van der Waals surface area contributed by atoms with Crippen molar-refractivity contribution >= 4 is 5.70 Å². The summed E-state index contributed by atoms with van der Waals surface area (Å²) < 4.78 is 13.3. The number of nitrogens with one attached hydrogen (secondary N) is 1. The molecule has 2 heterocycles. The van der Waals surface area contributed by atoms with Crippen LogP contribution in [0.4, 0.5) is 4.39 Å². The Hall–Kier alpha value is -1.51. The monoisotopic (exact) mass is 176 g/mol. The molecule has 0 aromatic heterocycles. The number of benzene rings is 1. The summed E-state index contributed by atoms with van der Waals surface area (Å²) in [4.78, 5) is 2.13. The summed E-state index contributed by atoms with van der Waals surface area (Å²) in [6.45, 7) is 1.49. The maximum atomic E-state index is 13.3. The first-order valence-electron chi connectivity index (χ1n) is 4.32. The van der Waals surface area contributed by atoms with Crippen LogP contribution in [-0.4, -0.2) is 11.6 Å². The normalized spacial score (nSPS) is 17.9. The van der Waals surface area contributed by atoms with E-state index in [4.69, 9.17) is 0 Å². The van der Waals surface area contributed by atoms with Crippen LogP contribution in [0.3, 0.4) is 0 Å². The van der Waals surface area contributed by atoms with Gasteiger partial charge in [0.25, 0.3) is 0 Å². The highest BCUT2D eigenvalue weighted by Crippen LogP contribution is 2.34. The second-order valence-electron chi connectivity index (χ2n) is 3.36. The average Bonchev–Trinajstić information content (AvgIpc) is 2.65. The Kier molecular flexibility index (Phi) is 1.20. The van der Waals surface area contributed by atoms with Gasteiger partial charge in [-0.15, -0.1) is 0 Å². The van der Waals surface area contributed by atoms with Crippen LogP contribution in [0.25, 0.3) is 5.70 Å². The SMILES string of the molecule is Fc1cccc2c1CN1CNC=C21. The van der Waals surface area contributed by atoms with Gasteiger partial charge in [-0.2, -0.15) is 0 Å². The van der Waals surface area contributed by atoms with E-state index in [0.29, 0.717) is 6.54 Å². The van der Waals surface area contributed by atoms with E-state index in [2.05, 4.69) is 10.2 Å². The fraction of sp³-hybridized carbons (Fsp3) is 0.200. The molecule has 1 aromatic carbocycles. The second kappa shape index (κ2) is 2.25. The molecule has 3 heteroatoms. The molecule has 0 amide bonds. The van der Waals surface area contributed by atoms with Gasteiger partial charge in [0.05, 0.1) is 12.4 Å². The predicted molar refractivity (Wildman–Crippen MR) is 47.9 cm³/mol. The number of fused-ring (bicyclic) bond motifs is 3. The smallest absolute Gasteiger partial charge is 0.128 e. The molecule has 13 heavy (non-hydrogen) atoms. The first-order chi connectivity index (χ1) is 6.36. The van der Waals surface area contributed by atoms with Crippen molar-refractivity contribution in [1.29, 1.82) is 0 Å². The minimum absolute atomic E-state index is 0.0900. The number of rotatable bonds is 0. The van der Waals surface area contributed by atoms with Crippen LogP contribution < -0.4 is 5.32 Å². The molecular formula is C10H9FN2. The number of halogens is 1. The third-order valence-corrected chi connectivity index (χ3v) is 2.61. The zero-order valence-corrected chi connectivity index (χ0v) is 7.05. The summed E-state index contributed by atoms with van der Waals surface area (Å²) in [7, 11) is 0. The van der Waals surface area contributed by atoms with E-state index in [9.17, 15) is 4.39 Å². The predicted octanol–water partition coefficient (Wildman–Crippen LogP) is 1.50. The van der Waals surface area contributed by atoms with E-state index in [1.165, 1.54) is 6.07 Å². The van der Waals surface area contributed by atoms with Crippen molar-refractivity contribution in [2.24, 2.45) is 0 Å². The van der Waals surface area contributed by atoms with E-state index in [1.54, 1.807) is 6.07 Å². The molecule has 2 aliphatic heterocycles. The Labute approximate surface area is 75.7 Å². The summed E-state index contributed by atoms with van der Waals surface area (Å²) in [6, 6.07) is 5.25. The molecule has 0 aliphatic carbocycles. The third kappa shape index (κ3) is 0.813. The van der Waals surface area contributed by atoms with Gasteiger partial charge < -0.3 is 10.2 Å². The van der Waals surface area contributed by atoms with Crippen LogP contribution in [0.2, 0.25) is 0 Å². The molecule has 0 saturated heterocycles. The van der Waals surface area contributed by atoms with Gasteiger partial charge in [-0.05, 0) is 6.07 Å². The van der Waals surface area contributed by atoms with Gasteiger partial charge in [-0.1, -0.05) is 12.1 Å². The van der Waals surface area contributed by atoms with Crippen molar-refractivity contribution in [2.75, 3.05) is 6.67 Å². The van der Waals surface area contributed by atoms with Crippen LogP contribution in [-0.2, 0) is 6.54 Å². The lowest BCUT2D eigenvalue weighted by molar-refractivity contribution is 0.413. The molecule has 2 nitrogen and oxygen atoms in total. The van der Waals surface area contributed by atoms with Gasteiger partial charge in [-0.3, -0.25) is 0 Å². The van der Waals surface area contributed by atoms with E-state index in [0.717, 1.165) is 23.5 Å². The van der Waals surface area contributed by atoms with Crippen molar-refractivity contribution in [3.8, 4) is 0 Å². The first-order valence-corrected chi connectivity index (χ1v) is 4.32. The molecule has 66 valence electrons. The highest BCUT2D eigenvalue weighted by molar-refractivity contribution is 5.71. The Balaban J connectivity index is 2.22. The van der Waals surface area contributed by atoms with E-state index < -0.39 is 0 Å². The number of hydrogen-bond acceptors (Lipinski definition) is 2. The lowest BCUT2D eigenvalue weighted by Gasteiger charge is -2.10. The van der Waals surface area contributed by atoms with Crippen LogP contribution in [0.5, 0.6) is 0 Å². The van der Waals surface area contributed by atoms with Crippen LogP contribution in [0.15, 0.2) is 24.4 Å². The van der Waals surface area contributed by atoms with Crippen molar-refractivity contribution in [3.05, 3.63) is 41.3 Å². The van der Waals surface area contributed by atoms with Gasteiger partial charge in [0.1, 0.15) is 5.82 Å². The van der Waals surface area contributed by atoms with Gasteiger partial charge in [-0.25, -0.2) is 4.39 Å². The number of nitrogens with zero attached hydrogens (tertiary/aromatic N) is 1. The molecule has 1 aromatic rings. The quantitative estimate of drug-likeness (QED) is 0.644. The first kappa shape index (κ1) is 6.95. The molecule has 1 N–H and O–H groups in total. The Morgan fingerprint density at radius 2 is 2.31 bits per heavy atom. The topological polar surface area (TPSA) is 15.3 Å². The lowest BCUT2D eigenvalue weighted by Crippen LogP contribution is -2.18. The Morgan fingerprint density at radius 3 is 3.23 bits per heavy atom. The molecule has 0 fully saturated rings. The zero-order valence-electron chi connectivity index (χ0n) is 7.05. The highest BCUT2D eigenvalue weighted by atomic mass is 19.1. The van der Waals surface area contributed by atoms with E-state index in [1.807, 2.05) is 12.3 Å². The largest absolute Gasteiger partial charge is 0.372 e. The molecule has 0 bridgehead atoms. The van der Waals surface area contributed by atoms with Crippen molar-refractivity contribution in [2.45, 2.75) is 6.54 Å². The third-order valence-electron chi connectivity index (χ3n) is 2.61. The highest BCUT2D eigenvalue weighted by Gasteiger charge is 2.28. The number of hydrogen-bond donors (Lipinski definition) is 1. The molecule has 0 unspecified atom stereocenters. The lowest BCUT2D eigenvalue weighted by atomic mass is 10.1. The summed E-state index contributed by atoms with van der Waals surface area (Å²) in [5.74, 6) is -0.0900. The van der Waals surface area contributed by atoms with E-state index in [-0.39, 0.29) is 5.82 Å². The van der Waals surface area contributed by atoms with E-state index >= 15 is 0 Å². The fourth-order valence-electron chi connectivity index (χ4n) is 1.97. The standard InChI is InChI=1S/C10H9FN2/c11-9-3-1-2-7-8(9)5-13-6-12-4-10(7)13/h1-4,12H,5-6H2. The van der Waals surface area contributed by atoms with Crippen molar-refractivity contribution < 1.29 is 4.39 Å². The molecule has 0 saturated carbocycles. The summed E-state index contributed by atoms with van der Waals surface area (Å²) in [5, 5.41) is 3.13. The average molecular weight is 176 g/mol. The molecule has 0 spiro atoms. The zero-order chi connectivity index (χ0) is 8.84.